The zero-order valence-corrected chi connectivity index (χ0v) is 25.2. The van der Waals surface area contributed by atoms with E-state index in [4.69, 9.17) is 14.5 Å². The summed E-state index contributed by atoms with van der Waals surface area (Å²) in [6.07, 6.45) is 9.23. The van der Waals surface area contributed by atoms with Crippen molar-refractivity contribution in [2.45, 2.75) is 90.4 Å². The predicted octanol–water partition coefficient (Wildman–Crippen LogP) is 5.84. The Kier molecular flexibility index (Phi) is 7.87. The van der Waals surface area contributed by atoms with Crippen LogP contribution in [0.15, 0.2) is 36.9 Å². The number of nitrogens with zero attached hydrogens (tertiary/aromatic N) is 4. The summed E-state index contributed by atoms with van der Waals surface area (Å²) in [5.74, 6) is -0.0138. The molecule has 2 fully saturated rings. The Morgan fingerprint density at radius 2 is 1.74 bits per heavy atom. The third kappa shape index (κ3) is 6.83. The highest BCUT2D eigenvalue weighted by Gasteiger charge is 2.35. The lowest BCUT2D eigenvalue weighted by molar-refractivity contribution is 0.0497. The van der Waals surface area contributed by atoms with E-state index in [-0.39, 0.29) is 11.9 Å². The summed E-state index contributed by atoms with van der Waals surface area (Å²) in [5, 5.41) is 6.71. The Bertz CT molecular complexity index is 1480. The van der Waals surface area contributed by atoms with Crippen molar-refractivity contribution in [1.29, 1.82) is 0 Å². The van der Waals surface area contributed by atoms with E-state index in [2.05, 4.69) is 20.5 Å². The Hall–Kier alpha value is -4.15. The molecule has 3 aromatic rings. The van der Waals surface area contributed by atoms with Crippen LogP contribution < -0.4 is 15.5 Å². The van der Waals surface area contributed by atoms with Gasteiger partial charge < -0.3 is 25.0 Å². The Labute approximate surface area is 246 Å². The van der Waals surface area contributed by atoms with Gasteiger partial charge in [0.05, 0.1) is 22.3 Å². The van der Waals surface area contributed by atoms with Gasteiger partial charge in [-0.3, -0.25) is 9.78 Å². The maximum atomic E-state index is 13.4. The first-order valence-electron chi connectivity index (χ1n) is 14.5. The van der Waals surface area contributed by atoms with Gasteiger partial charge in [0.2, 0.25) is 0 Å². The van der Waals surface area contributed by atoms with Crippen LogP contribution in [-0.4, -0.2) is 63.0 Å². The minimum absolute atomic E-state index is 0.134. The molecule has 0 spiro atoms. The number of carbonyl (C=O) groups is 3. The van der Waals surface area contributed by atoms with Crippen LogP contribution in [0.5, 0.6) is 0 Å². The predicted molar refractivity (Wildman–Crippen MR) is 160 cm³/mol. The van der Waals surface area contributed by atoms with Crippen molar-refractivity contribution in [3.05, 3.63) is 48.0 Å². The van der Waals surface area contributed by atoms with Crippen molar-refractivity contribution in [2.75, 3.05) is 23.3 Å². The molecule has 42 heavy (non-hydrogen) atoms. The van der Waals surface area contributed by atoms with Crippen LogP contribution in [0.1, 0.15) is 89.1 Å². The molecule has 2 amide bonds. The average molecular weight is 577 g/mol. The van der Waals surface area contributed by atoms with Crippen LogP contribution in [0.2, 0.25) is 0 Å². The van der Waals surface area contributed by atoms with Gasteiger partial charge in [-0.1, -0.05) is 0 Å². The van der Waals surface area contributed by atoms with Crippen LogP contribution in [0.4, 0.5) is 21.0 Å². The first kappa shape index (κ1) is 29.3. The van der Waals surface area contributed by atoms with E-state index in [1.165, 1.54) is 10.8 Å². The normalized spacial score (nSPS) is 17.6. The van der Waals surface area contributed by atoms with Crippen LogP contribution in [0.25, 0.3) is 11.0 Å². The standard InChI is InChI=1S/C31H40N6O5/c1-30(2,3)41-28(39)34-21-10-8-14-36(17-21)25-22(19-11-12-19)16-33-26-24(25)23(18-37(26)29(40)42-31(4,5)6)35-27(38)20-9-7-13-32-15-20/h7,9,13,15-16,18-19,21H,8,10-12,14,17H2,1-6H3,(H,34,39)(H,35,38)/t21-/m1/s1. The number of aromatic nitrogens is 3. The van der Waals surface area contributed by atoms with Gasteiger partial charge in [-0.15, -0.1) is 0 Å². The van der Waals surface area contributed by atoms with Gasteiger partial charge in [-0.25, -0.2) is 19.1 Å². The average Bonchev–Trinajstić information content (AvgIpc) is 3.68. The summed E-state index contributed by atoms with van der Waals surface area (Å²) >= 11 is 0. The number of pyridine rings is 2. The number of carbonyl (C=O) groups excluding carboxylic acids is 3. The smallest absolute Gasteiger partial charge is 0.420 e. The summed E-state index contributed by atoms with van der Waals surface area (Å²) in [5.41, 5.74) is 1.91. The third-order valence-electron chi connectivity index (χ3n) is 7.05. The number of fused-ring (bicyclic) bond motifs is 1. The lowest BCUT2D eigenvalue weighted by atomic mass is 10.0. The Morgan fingerprint density at radius 3 is 2.38 bits per heavy atom. The zero-order valence-electron chi connectivity index (χ0n) is 25.2. The van der Waals surface area contributed by atoms with Crippen molar-refractivity contribution in [3.63, 3.8) is 0 Å². The molecule has 2 aliphatic rings. The number of piperidine rings is 1. The summed E-state index contributed by atoms with van der Waals surface area (Å²) in [6.45, 7) is 12.2. The fourth-order valence-corrected chi connectivity index (χ4v) is 5.23. The number of alkyl carbamates (subject to hydrolysis) is 1. The SMILES string of the molecule is CC(C)(C)OC(=O)N[C@@H]1CCCN(c2c(C3CC3)cnc3c2c(NC(=O)c2cccnc2)cn3C(=O)OC(C)(C)C)C1. The molecular formula is C31H40N6O5. The monoisotopic (exact) mass is 576 g/mol. The van der Waals surface area contributed by atoms with E-state index in [9.17, 15) is 14.4 Å². The van der Waals surface area contributed by atoms with Gasteiger partial charge in [0.25, 0.3) is 5.91 Å². The number of nitrogens with one attached hydrogen (secondary N) is 2. The lowest BCUT2D eigenvalue weighted by Crippen LogP contribution is -2.49. The maximum absolute atomic E-state index is 13.4. The molecule has 2 N–H and O–H groups in total. The molecule has 3 aromatic heterocycles. The first-order chi connectivity index (χ1) is 19.8. The Morgan fingerprint density at radius 1 is 1.00 bits per heavy atom. The maximum Gasteiger partial charge on any atom is 0.420 e. The van der Waals surface area contributed by atoms with Crippen molar-refractivity contribution >= 4 is 40.5 Å². The van der Waals surface area contributed by atoms with Gasteiger partial charge in [-0.2, -0.15) is 0 Å². The molecular weight excluding hydrogens is 536 g/mol. The van der Waals surface area contributed by atoms with Gasteiger partial charge in [0.15, 0.2) is 5.65 Å². The summed E-state index contributed by atoms with van der Waals surface area (Å²) in [6, 6.07) is 3.25. The van der Waals surface area contributed by atoms with Gasteiger partial charge >= 0.3 is 12.2 Å². The highest BCUT2D eigenvalue weighted by atomic mass is 16.6. The molecule has 11 nitrogen and oxygen atoms in total. The van der Waals surface area contributed by atoms with E-state index < -0.39 is 23.4 Å². The van der Waals surface area contributed by atoms with Crippen molar-refractivity contribution in [1.82, 2.24) is 19.9 Å². The van der Waals surface area contributed by atoms with Gasteiger partial charge in [-0.05, 0) is 90.8 Å². The van der Waals surface area contributed by atoms with Gasteiger partial charge in [0, 0.05) is 43.9 Å². The minimum Gasteiger partial charge on any atom is -0.444 e. The number of anilines is 2. The van der Waals surface area contributed by atoms with E-state index in [1.807, 2.05) is 27.0 Å². The number of hydrogen-bond acceptors (Lipinski definition) is 8. The fourth-order valence-electron chi connectivity index (χ4n) is 5.23. The molecule has 4 heterocycles. The largest absolute Gasteiger partial charge is 0.444 e. The van der Waals surface area contributed by atoms with Crippen molar-refractivity contribution < 1.29 is 23.9 Å². The van der Waals surface area contributed by atoms with E-state index in [1.54, 1.807) is 45.3 Å². The minimum atomic E-state index is -0.725. The number of hydrogen-bond donors (Lipinski definition) is 2. The number of amides is 2. The summed E-state index contributed by atoms with van der Waals surface area (Å²) in [4.78, 5) is 50.3. The molecule has 1 aliphatic heterocycles. The van der Waals surface area contributed by atoms with Crippen LogP contribution in [-0.2, 0) is 9.47 Å². The van der Waals surface area contributed by atoms with E-state index >= 15 is 0 Å². The highest BCUT2D eigenvalue weighted by molar-refractivity contribution is 6.13. The topological polar surface area (TPSA) is 128 Å². The first-order valence-corrected chi connectivity index (χ1v) is 14.5. The molecule has 1 atom stereocenters. The van der Waals surface area contributed by atoms with Crippen LogP contribution in [0, 0.1) is 0 Å². The molecule has 0 bridgehead atoms. The van der Waals surface area contributed by atoms with Gasteiger partial charge in [0.1, 0.15) is 11.2 Å². The molecule has 11 heteroatoms. The lowest BCUT2D eigenvalue weighted by Gasteiger charge is -2.36. The second-order valence-corrected chi connectivity index (χ2v) is 13.1. The molecule has 1 saturated carbocycles. The Balaban J connectivity index is 1.58. The van der Waals surface area contributed by atoms with E-state index in [0.717, 1.165) is 43.5 Å². The van der Waals surface area contributed by atoms with Crippen molar-refractivity contribution in [2.24, 2.45) is 0 Å². The molecule has 224 valence electrons. The van der Waals surface area contributed by atoms with E-state index in [0.29, 0.717) is 34.7 Å². The zero-order chi connectivity index (χ0) is 30.2. The third-order valence-corrected chi connectivity index (χ3v) is 7.05. The molecule has 0 aromatic carbocycles. The van der Waals surface area contributed by atoms with Crippen molar-refractivity contribution in [3.8, 4) is 0 Å². The van der Waals surface area contributed by atoms with Crippen LogP contribution >= 0.6 is 0 Å². The molecule has 1 aliphatic carbocycles. The summed E-state index contributed by atoms with van der Waals surface area (Å²) < 4.78 is 12.6. The van der Waals surface area contributed by atoms with Crippen LogP contribution in [0.3, 0.4) is 0 Å². The second-order valence-electron chi connectivity index (χ2n) is 13.1. The molecule has 0 radical (unpaired) electrons. The molecule has 0 unspecified atom stereocenters. The molecule has 1 saturated heterocycles. The fraction of sp³-hybridized carbons (Fsp3) is 0.516. The summed E-state index contributed by atoms with van der Waals surface area (Å²) in [7, 11) is 0. The number of ether oxygens (including phenoxy) is 2. The quantitative estimate of drug-likeness (QED) is 0.388. The second kappa shape index (κ2) is 11.3. The number of rotatable bonds is 5. The highest BCUT2D eigenvalue weighted by Crippen LogP contribution is 2.48. The molecule has 5 rings (SSSR count).